The zero-order valence-corrected chi connectivity index (χ0v) is 24.8. The first-order valence-electron chi connectivity index (χ1n) is 14.8. The second-order valence-corrected chi connectivity index (χ2v) is 11.6. The number of ether oxygens (including phenoxy) is 2. The summed E-state index contributed by atoms with van der Waals surface area (Å²) in [5.41, 5.74) is 1.27. The number of rotatable bonds is 25. The molecule has 1 aromatic carbocycles. The van der Waals surface area contributed by atoms with Gasteiger partial charge in [-0.3, -0.25) is 4.52 Å². The molecule has 1 aromatic rings. The molecule has 0 amide bonds. The second-order valence-electron chi connectivity index (χ2n) is 10.3. The van der Waals surface area contributed by atoms with Crippen LogP contribution in [0.1, 0.15) is 134 Å². The van der Waals surface area contributed by atoms with E-state index in [1.165, 1.54) is 97.0 Å². The van der Waals surface area contributed by atoms with Gasteiger partial charge in [-0.1, -0.05) is 122 Å². The van der Waals surface area contributed by atoms with Crippen LogP contribution < -0.4 is 4.74 Å². The van der Waals surface area contributed by atoms with Crippen LogP contribution in [0.5, 0.6) is 5.75 Å². The average molecular weight is 554 g/mol. The lowest BCUT2D eigenvalue weighted by molar-refractivity contribution is -0.00380. The molecular formula is C30H52NO6P. The number of hydrogen-bond donors (Lipinski definition) is 2. The fourth-order valence-electron chi connectivity index (χ4n) is 4.62. The third-order valence-corrected chi connectivity index (χ3v) is 7.42. The van der Waals surface area contributed by atoms with E-state index < -0.39 is 13.9 Å². The molecule has 218 valence electrons. The molecule has 0 fully saturated rings. The van der Waals surface area contributed by atoms with Gasteiger partial charge in [0.2, 0.25) is 0 Å². The molecule has 2 N–H and O–H groups in total. The van der Waals surface area contributed by atoms with E-state index in [1.807, 2.05) is 0 Å². The normalized spacial score (nSPS) is 12.4. The van der Waals surface area contributed by atoms with Crippen molar-refractivity contribution in [1.82, 2.24) is 0 Å². The summed E-state index contributed by atoms with van der Waals surface area (Å²) in [7, 11) is -3.04. The predicted octanol–water partition coefficient (Wildman–Crippen LogP) is 8.60. The van der Waals surface area contributed by atoms with Crippen molar-refractivity contribution in [2.45, 2.75) is 135 Å². The lowest BCUT2D eigenvalue weighted by Gasteiger charge is -2.19. The molecule has 0 unspecified atom stereocenters. The zero-order chi connectivity index (χ0) is 27.9. The van der Waals surface area contributed by atoms with E-state index in [0.717, 1.165) is 24.8 Å². The summed E-state index contributed by atoms with van der Waals surface area (Å²) in [4.78, 5) is 18.2. The second kappa shape index (κ2) is 22.4. The summed E-state index contributed by atoms with van der Waals surface area (Å²) in [6.07, 6.45) is 22.5. The number of phosphoric ester groups is 1. The van der Waals surface area contributed by atoms with Crippen LogP contribution in [0, 0.1) is 11.3 Å². The maximum absolute atomic E-state index is 11.2. The quantitative estimate of drug-likeness (QED) is 0.0921. The minimum atomic E-state index is -4.55. The van der Waals surface area contributed by atoms with Crippen molar-refractivity contribution >= 4 is 7.82 Å². The fraction of sp³-hybridized carbons (Fsp3) is 0.767. The van der Waals surface area contributed by atoms with E-state index in [9.17, 15) is 4.57 Å². The topological polar surface area (TPSA) is 109 Å². The van der Waals surface area contributed by atoms with Crippen molar-refractivity contribution in [2.24, 2.45) is 0 Å². The standard InChI is InChI=1S/C30H52NO6P/c1-3-4-5-6-7-8-9-10-11-12-13-14-15-16-17-18-19-20-29(26-37-38(32,33)34)36-25-27-21-22-28(24-31)30(23-27)35-2/h21-23,29H,3-20,25-26H2,1-2H3,(H2,32,33,34)/t29-/m1/s1. The largest absolute Gasteiger partial charge is 0.495 e. The molecule has 0 radical (unpaired) electrons. The van der Waals surface area contributed by atoms with Crippen LogP contribution in [0.2, 0.25) is 0 Å². The molecule has 1 atom stereocenters. The molecule has 0 bridgehead atoms. The van der Waals surface area contributed by atoms with Gasteiger partial charge in [0.05, 0.1) is 32.0 Å². The summed E-state index contributed by atoms with van der Waals surface area (Å²) < 4.78 is 27.0. The Morgan fingerprint density at radius 1 is 0.842 bits per heavy atom. The minimum absolute atomic E-state index is 0.156. The van der Waals surface area contributed by atoms with Gasteiger partial charge >= 0.3 is 7.82 Å². The molecule has 8 heteroatoms. The predicted molar refractivity (Wildman–Crippen MR) is 153 cm³/mol. The van der Waals surface area contributed by atoms with Gasteiger partial charge in [0.15, 0.2) is 0 Å². The lowest BCUT2D eigenvalue weighted by Crippen LogP contribution is -2.19. The van der Waals surface area contributed by atoms with E-state index in [4.69, 9.17) is 29.0 Å². The Labute approximate surface area is 231 Å². The number of benzene rings is 1. The van der Waals surface area contributed by atoms with Gasteiger partial charge in [0.25, 0.3) is 0 Å². The van der Waals surface area contributed by atoms with Crippen molar-refractivity contribution in [3.8, 4) is 11.8 Å². The van der Waals surface area contributed by atoms with Crippen LogP contribution in [-0.4, -0.2) is 29.6 Å². The number of hydrogen-bond acceptors (Lipinski definition) is 5. The summed E-state index contributed by atoms with van der Waals surface area (Å²) in [6.45, 7) is 2.36. The fourth-order valence-corrected chi connectivity index (χ4v) is 4.98. The van der Waals surface area contributed by atoms with Crippen molar-refractivity contribution in [2.75, 3.05) is 13.7 Å². The molecule has 0 aliphatic heterocycles. The Morgan fingerprint density at radius 3 is 1.79 bits per heavy atom. The highest BCUT2D eigenvalue weighted by molar-refractivity contribution is 7.46. The Bertz CT molecular complexity index is 806. The summed E-state index contributed by atoms with van der Waals surface area (Å²) in [5, 5.41) is 9.13. The molecule has 38 heavy (non-hydrogen) atoms. The average Bonchev–Trinajstić information content (AvgIpc) is 2.90. The van der Waals surface area contributed by atoms with E-state index in [0.29, 0.717) is 17.7 Å². The van der Waals surface area contributed by atoms with E-state index in [2.05, 4.69) is 13.0 Å². The van der Waals surface area contributed by atoms with Crippen molar-refractivity contribution < 1.29 is 28.3 Å². The number of phosphoric acid groups is 1. The molecular weight excluding hydrogens is 501 g/mol. The summed E-state index contributed by atoms with van der Waals surface area (Å²) in [6, 6.07) is 7.29. The lowest BCUT2D eigenvalue weighted by atomic mass is 10.0. The summed E-state index contributed by atoms with van der Waals surface area (Å²) in [5.74, 6) is 0.477. The van der Waals surface area contributed by atoms with Crippen LogP contribution in [0.3, 0.4) is 0 Å². The molecule has 1 rings (SSSR count). The summed E-state index contributed by atoms with van der Waals surface area (Å²) >= 11 is 0. The van der Waals surface area contributed by atoms with Crippen LogP contribution >= 0.6 is 7.82 Å². The minimum Gasteiger partial charge on any atom is -0.495 e. The van der Waals surface area contributed by atoms with E-state index in [-0.39, 0.29) is 13.2 Å². The van der Waals surface area contributed by atoms with Gasteiger partial charge < -0.3 is 19.3 Å². The highest BCUT2D eigenvalue weighted by Crippen LogP contribution is 2.36. The highest BCUT2D eigenvalue weighted by atomic mass is 31.2. The molecule has 0 aromatic heterocycles. The Balaban J connectivity index is 2.15. The Morgan fingerprint density at radius 2 is 1.34 bits per heavy atom. The van der Waals surface area contributed by atoms with Crippen molar-refractivity contribution in [3.63, 3.8) is 0 Å². The maximum Gasteiger partial charge on any atom is 0.469 e. The first-order valence-corrected chi connectivity index (χ1v) is 16.3. The molecule has 0 spiro atoms. The first-order chi connectivity index (χ1) is 18.4. The maximum atomic E-state index is 11.2. The van der Waals surface area contributed by atoms with Crippen molar-refractivity contribution in [3.05, 3.63) is 29.3 Å². The third-order valence-electron chi connectivity index (χ3n) is 6.93. The molecule has 7 nitrogen and oxygen atoms in total. The SMILES string of the molecule is CCCCCCCCCCCCCCCCCCC[C@H](COP(=O)(O)O)OCc1ccc(C#N)c(OC)c1. The monoisotopic (exact) mass is 553 g/mol. The van der Waals surface area contributed by atoms with Gasteiger partial charge in [0.1, 0.15) is 11.8 Å². The van der Waals surface area contributed by atoms with Gasteiger partial charge in [-0.05, 0) is 24.1 Å². The Kier molecular flexibility index (Phi) is 20.4. The number of nitrogens with zero attached hydrogens (tertiary/aromatic N) is 1. The van der Waals surface area contributed by atoms with Gasteiger partial charge in [0, 0.05) is 0 Å². The molecule has 0 saturated carbocycles. The van der Waals surface area contributed by atoms with Crippen LogP contribution in [-0.2, 0) is 20.4 Å². The third kappa shape index (κ3) is 18.8. The smallest absolute Gasteiger partial charge is 0.469 e. The van der Waals surface area contributed by atoms with Crippen LogP contribution in [0.15, 0.2) is 18.2 Å². The number of unbranched alkanes of at least 4 members (excludes halogenated alkanes) is 16. The molecule has 0 saturated heterocycles. The van der Waals surface area contributed by atoms with Gasteiger partial charge in [-0.25, -0.2) is 4.57 Å². The molecule has 0 heterocycles. The van der Waals surface area contributed by atoms with Crippen molar-refractivity contribution in [1.29, 1.82) is 5.26 Å². The Hall–Kier alpha value is -1.42. The van der Waals surface area contributed by atoms with E-state index in [1.54, 1.807) is 18.2 Å². The number of nitriles is 1. The molecule has 0 aliphatic rings. The number of methoxy groups -OCH3 is 1. The first kappa shape index (κ1) is 34.6. The van der Waals surface area contributed by atoms with Crippen LogP contribution in [0.25, 0.3) is 0 Å². The zero-order valence-electron chi connectivity index (χ0n) is 23.9. The highest BCUT2D eigenvalue weighted by Gasteiger charge is 2.19. The van der Waals surface area contributed by atoms with Crippen LogP contribution in [0.4, 0.5) is 0 Å². The van der Waals surface area contributed by atoms with E-state index >= 15 is 0 Å². The van der Waals surface area contributed by atoms with Gasteiger partial charge in [-0.2, -0.15) is 5.26 Å². The van der Waals surface area contributed by atoms with Gasteiger partial charge in [-0.15, -0.1) is 0 Å². The molecule has 0 aliphatic carbocycles.